The first kappa shape index (κ1) is 11.2. The quantitative estimate of drug-likeness (QED) is 0.668. The van der Waals surface area contributed by atoms with Crippen molar-refractivity contribution in [2.24, 2.45) is 5.73 Å². The summed E-state index contributed by atoms with van der Waals surface area (Å²) in [6.45, 7) is 0. The van der Waals surface area contributed by atoms with Gasteiger partial charge in [-0.1, -0.05) is 6.07 Å². The fourth-order valence-electron chi connectivity index (χ4n) is 1.83. The number of nitrogen functional groups attached to an aromatic ring is 1. The minimum absolute atomic E-state index is 0.415. The number of benzene rings is 2. The summed E-state index contributed by atoms with van der Waals surface area (Å²) >= 11 is 0. The van der Waals surface area contributed by atoms with Crippen LogP contribution in [0.25, 0.3) is 16.7 Å². The molecule has 0 radical (unpaired) electrons. The Morgan fingerprint density at radius 3 is 2.63 bits per heavy atom. The van der Waals surface area contributed by atoms with E-state index in [9.17, 15) is 4.79 Å². The molecule has 0 aliphatic carbocycles. The maximum atomic E-state index is 11.2. The molecule has 0 aliphatic rings. The van der Waals surface area contributed by atoms with E-state index in [1.807, 2.05) is 0 Å². The minimum Gasteiger partial charge on any atom is -0.399 e. The number of primary amides is 1. The van der Waals surface area contributed by atoms with E-state index < -0.39 is 5.91 Å². The summed E-state index contributed by atoms with van der Waals surface area (Å²) in [6.07, 6.45) is 0. The van der Waals surface area contributed by atoms with Gasteiger partial charge in [0.25, 0.3) is 0 Å². The molecule has 3 rings (SSSR count). The first-order valence-electron chi connectivity index (χ1n) is 5.66. The van der Waals surface area contributed by atoms with E-state index in [2.05, 4.69) is 10.2 Å². The summed E-state index contributed by atoms with van der Waals surface area (Å²) < 4.78 is 0. The van der Waals surface area contributed by atoms with Crippen molar-refractivity contribution in [1.29, 1.82) is 0 Å². The predicted molar refractivity (Wildman–Crippen MR) is 71.8 cm³/mol. The highest BCUT2D eigenvalue weighted by Crippen LogP contribution is 2.16. The summed E-state index contributed by atoms with van der Waals surface area (Å²) in [5.41, 5.74) is 14.1. The third-order valence-corrected chi connectivity index (χ3v) is 2.77. The smallest absolute Gasteiger partial charge is 0.248 e. The Morgan fingerprint density at radius 2 is 1.84 bits per heavy atom. The first-order valence-corrected chi connectivity index (χ1v) is 5.66. The zero-order valence-corrected chi connectivity index (χ0v) is 9.95. The summed E-state index contributed by atoms with van der Waals surface area (Å²) in [7, 11) is 0. The maximum absolute atomic E-state index is 11.2. The van der Waals surface area contributed by atoms with E-state index in [4.69, 9.17) is 11.5 Å². The molecule has 3 aromatic rings. The van der Waals surface area contributed by atoms with Crippen molar-refractivity contribution >= 4 is 22.6 Å². The molecule has 1 amide bonds. The Morgan fingerprint density at radius 1 is 1.05 bits per heavy atom. The van der Waals surface area contributed by atoms with Gasteiger partial charge in [0.2, 0.25) is 5.91 Å². The van der Waals surface area contributed by atoms with Gasteiger partial charge in [0.1, 0.15) is 11.0 Å². The van der Waals surface area contributed by atoms with E-state index in [-0.39, 0.29) is 0 Å². The summed E-state index contributed by atoms with van der Waals surface area (Å²) in [6, 6.07) is 12.1. The van der Waals surface area contributed by atoms with E-state index in [0.29, 0.717) is 22.5 Å². The number of hydrogen-bond donors (Lipinski definition) is 2. The largest absolute Gasteiger partial charge is 0.399 e. The van der Waals surface area contributed by atoms with E-state index in [0.717, 1.165) is 5.52 Å². The number of anilines is 1. The van der Waals surface area contributed by atoms with Crippen LogP contribution in [0, 0.1) is 0 Å². The summed E-state index contributed by atoms with van der Waals surface area (Å²) in [5.74, 6) is -0.484. The number of carbonyl (C=O) groups excluding carboxylic acids is 1. The number of carbonyl (C=O) groups is 1. The molecule has 0 atom stereocenters. The average molecular weight is 253 g/mol. The molecule has 0 fully saturated rings. The molecule has 6 nitrogen and oxygen atoms in total. The molecule has 1 heterocycles. The van der Waals surface area contributed by atoms with Crippen LogP contribution in [0.4, 0.5) is 5.69 Å². The van der Waals surface area contributed by atoms with Crippen molar-refractivity contribution < 1.29 is 4.79 Å². The van der Waals surface area contributed by atoms with Crippen molar-refractivity contribution in [3.05, 3.63) is 48.0 Å². The molecule has 0 unspecified atom stereocenters. The Hall–Kier alpha value is -2.89. The fraction of sp³-hybridized carbons (Fsp3) is 0. The highest BCUT2D eigenvalue weighted by atomic mass is 16.1. The van der Waals surface area contributed by atoms with Crippen LogP contribution < -0.4 is 11.5 Å². The van der Waals surface area contributed by atoms with Gasteiger partial charge in [0, 0.05) is 11.3 Å². The Balaban J connectivity index is 2.13. The summed E-state index contributed by atoms with van der Waals surface area (Å²) in [4.78, 5) is 12.6. The van der Waals surface area contributed by atoms with Crippen LogP contribution >= 0.6 is 0 Å². The predicted octanol–water partition coefficient (Wildman–Crippen LogP) is 1.10. The van der Waals surface area contributed by atoms with Crippen LogP contribution in [0.1, 0.15) is 10.4 Å². The van der Waals surface area contributed by atoms with Crippen LogP contribution in [0.3, 0.4) is 0 Å². The van der Waals surface area contributed by atoms with Gasteiger partial charge in [0.15, 0.2) is 0 Å². The Bertz CT molecular complexity index is 778. The Labute approximate surface area is 108 Å². The molecular weight excluding hydrogens is 242 g/mol. The lowest BCUT2D eigenvalue weighted by atomic mass is 10.2. The summed E-state index contributed by atoms with van der Waals surface area (Å²) in [5, 5.41) is 8.64. The molecule has 0 spiro atoms. The van der Waals surface area contributed by atoms with Gasteiger partial charge in [-0.15, -0.1) is 10.2 Å². The van der Waals surface area contributed by atoms with Crippen LogP contribution in [0.15, 0.2) is 42.5 Å². The fourth-order valence-corrected chi connectivity index (χ4v) is 1.83. The SMILES string of the molecule is NC(=O)c1cccc(-n2nc3ccc(N)cc3n2)c1. The zero-order valence-electron chi connectivity index (χ0n) is 9.95. The maximum Gasteiger partial charge on any atom is 0.248 e. The molecule has 6 heteroatoms. The third kappa shape index (κ3) is 1.99. The van der Waals surface area contributed by atoms with Crippen LogP contribution in [0.2, 0.25) is 0 Å². The molecule has 4 N–H and O–H groups in total. The number of hydrogen-bond acceptors (Lipinski definition) is 4. The van der Waals surface area contributed by atoms with E-state index in [1.165, 1.54) is 4.80 Å². The normalized spacial score (nSPS) is 10.7. The molecular formula is C13H11N5O. The number of rotatable bonds is 2. The monoisotopic (exact) mass is 253 g/mol. The topological polar surface area (TPSA) is 99.8 Å². The van der Waals surface area contributed by atoms with Crippen LogP contribution in [-0.2, 0) is 0 Å². The molecule has 1 aromatic heterocycles. The number of aromatic nitrogens is 3. The molecule has 2 aromatic carbocycles. The van der Waals surface area contributed by atoms with Gasteiger partial charge in [0.05, 0.1) is 5.69 Å². The van der Waals surface area contributed by atoms with Gasteiger partial charge in [-0.25, -0.2) is 0 Å². The van der Waals surface area contributed by atoms with Crippen molar-refractivity contribution in [1.82, 2.24) is 15.0 Å². The molecule has 19 heavy (non-hydrogen) atoms. The van der Waals surface area contributed by atoms with E-state index >= 15 is 0 Å². The van der Waals surface area contributed by atoms with Crippen molar-refractivity contribution in [2.45, 2.75) is 0 Å². The van der Waals surface area contributed by atoms with E-state index in [1.54, 1.807) is 42.5 Å². The van der Waals surface area contributed by atoms with Gasteiger partial charge < -0.3 is 11.5 Å². The van der Waals surface area contributed by atoms with Gasteiger partial charge in [-0.3, -0.25) is 4.79 Å². The van der Waals surface area contributed by atoms with Crippen LogP contribution in [-0.4, -0.2) is 20.9 Å². The number of amides is 1. The molecule has 0 saturated heterocycles. The molecule has 94 valence electrons. The average Bonchev–Trinajstić information content (AvgIpc) is 2.81. The van der Waals surface area contributed by atoms with Crippen LogP contribution in [0.5, 0.6) is 0 Å². The van der Waals surface area contributed by atoms with Gasteiger partial charge >= 0.3 is 0 Å². The van der Waals surface area contributed by atoms with Crippen molar-refractivity contribution in [3.63, 3.8) is 0 Å². The Kier molecular flexibility index (Phi) is 2.42. The zero-order chi connectivity index (χ0) is 13.4. The lowest BCUT2D eigenvalue weighted by Gasteiger charge is -2.00. The lowest BCUT2D eigenvalue weighted by molar-refractivity contribution is 0.100. The van der Waals surface area contributed by atoms with Gasteiger partial charge in [-0.05, 0) is 36.4 Å². The lowest BCUT2D eigenvalue weighted by Crippen LogP contribution is -2.11. The molecule has 0 saturated carbocycles. The number of nitrogens with two attached hydrogens (primary N) is 2. The highest BCUT2D eigenvalue weighted by Gasteiger charge is 2.07. The number of nitrogens with zero attached hydrogens (tertiary/aromatic N) is 3. The second-order valence-electron chi connectivity index (χ2n) is 4.15. The second-order valence-corrected chi connectivity index (χ2v) is 4.15. The second kappa shape index (κ2) is 4.09. The standard InChI is InChI=1S/C13H11N5O/c14-9-4-5-11-12(7-9)17-18(16-11)10-3-1-2-8(6-10)13(15)19/h1-7H,14H2,(H2,15,19). The highest BCUT2D eigenvalue weighted by molar-refractivity contribution is 5.93. The van der Waals surface area contributed by atoms with Crippen molar-refractivity contribution in [3.8, 4) is 5.69 Å². The van der Waals surface area contributed by atoms with Crippen molar-refractivity contribution in [2.75, 3.05) is 5.73 Å². The number of fused-ring (bicyclic) bond motifs is 1. The molecule has 0 bridgehead atoms. The minimum atomic E-state index is -0.484. The first-order chi connectivity index (χ1) is 9.13. The molecule has 0 aliphatic heterocycles. The van der Waals surface area contributed by atoms with Gasteiger partial charge in [-0.2, -0.15) is 4.80 Å². The third-order valence-electron chi connectivity index (χ3n) is 2.77.